The monoisotopic (exact) mass is 429 g/mol. The van der Waals surface area contributed by atoms with Gasteiger partial charge in [-0.2, -0.15) is 0 Å². The van der Waals surface area contributed by atoms with Gasteiger partial charge in [0.25, 0.3) is 10.0 Å². The smallest absolute Gasteiger partial charge is 0.261 e. The molecule has 4 aromatic rings. The number of rotatable bonds is 6. The van der Waals surface area contributed by atoms with Crippen LogP contribution in [0.5, 0.6) is 0 Å². The van der Waals surface area contributed by atoms with Crippen LogP contribution < -0.4 is 4.72 Å². The second-order valence-corrected chi connectivity index (χ2v) is 9.12. The third kappa shape index (κ3) is 4.24. The Morgan fingerprint density at radius 1 is 0.645 bits per heavy atom. The van der Waals surface area contributed by atoms with Gasteiger partial charge in [-0.05, 0) is 47.9 Å². The minimum Gasteiger partial charge on any atom is -0.376 e. The molecule has 31 heavy (non-hydrogen) atoms. The highest BCUT2D eigenvalue weighted by Gasteiger charge is 2.33. The fourth-order valence-corrected chi connectivity index (χ4v) is 4.63. The third-order valence-electron chi connectivity index (χ3n) is 5.27. The molecule has 0 aliphatic rings. The quantitative estimate of drug-likeness (QED) is 0.420. The maximum atomic E-state index is 12.7. The van der Waals surface area contributed by atoms with E-state index in [4.69, 9.17) is 0 Å². The first-order valence-corrected chi connectivity index (χ1v) is 11.4. The van der Waals surface area contributed by atoms with Crippen molar-refractivity contribution in [2.45, 2.75) is 17.4 Å². The van der Waals surface area contributed by atoms with E-state index in [0.717, 1.165) is 16.7 Å². The van der Waals surface area contributed by atoms with Crippen molar-refractivity contribution in [3.05, 3.63) is 131 Å². The summed E-state index contributed by atoms with van der Waals surface area (Å²) < 4.78 is 28.0. The number of sulfonamides is 1. The lowest BCUT2D eigenvalue weighted by Gasteiger charge is -2.30. The second kappa shape index (κ2) is 8.38. The predicted molar refractivity (Wildman–Crippen MR) is 123 cm³/mol. The van der Waals surface area contributed by atoms with Gasteiger partial charge in [-0.15, -0.1) is 0 Å². The van der Waals surface area contributed by atoms with Crippen LogP contribution in [0.4, 0.5) is 5.69 Å². The number of nitrogens with one attached hydrogen (secondary N) is 1. The predicted octanol–water partition coefficient (Wildman–Crippen LogP) is 5.08. The molecule has 0 atom stereocenters. The first-order chi connectivity index (χ1) is 14.9. The van der Waals surface area contributed by atoms with Crippen molar-refractivity contribution in [1.29, 1.82) is 0 Å². The van der Waals surface area contributed by atoms with Crippen LogP contribution >= 0.6 is 0 Å². The molecule has 0 fully saturated rings. The normalized spacial score (nSPS) is 11.8. The minimum atomic E-state index is -3.70. The summed E-state index contributed by atoms with van der Waals surface area (Å²) in [4.78, 5) is 0.201. The molecule has 0 saturated heterocycles. The van der Waals surface area contributed by atoms with E-state index in [1.54, 1.807) is 48.5 Å². The van der Waals surface area contributed by atoms with Gasteiger partial charge >= 0.3 is 0 Å². The lowest BCUT2D eigenvalue weighted by molar-refractivity contribution is 0.126. The molecule has 5 heteroatoms. The van der Waals surface area contributed by atoms with Crippen LogP contribution in [0.25, 0.3) is 0 Å². The Balaban J connectivity index is 1.69. The first kappa shape index (κ1) is 20.8. The van der Waals surface area contributed by atoms with Gasteiger partial charge in [0.05, 0.1) is 4.90 Å². The number of aliphatic hydroxyl groups is 1. The van der Waals surface area contributed by atoms with Gasteiger partial charge in [0.1, 0.15) is 5.60 Å². The highest BCUT2D eigenvalue weighted by atomic mass is 32.2. The van der Waals surface area contributed by atoms with Crippen LogP contribution in [0.3, 0.4) is 0 Å². The Morgan fingerprint density at radius 2 is 1.10 bits per heavy atom. The van der Waals surface area contributed by atoms with Crippen LogP contribution in [0.1, 0.15) is 22.3 Å². The molecular formula is C26H23NO3S. The van der Waals surface area contributed by atoms with Gasteiger partial charge in [0.15, 0.2) is 0 Å². The fourth-order valence-electron chi connectivity index (χ4n) is 3.57. The zero-order chi connectivity index (χ0) is 21.9. The van der Waals surface area contributed by atoms with Crippen molar-refractivity contribution < 1.29 is 13.5 Å². The van der Waals surface area contributed by atoms with Crippen LogP contribution in [0, 0.1) is 6.92 Å². The van der Waals surface area contributed by atoms with E-state index >= 15 is 0 Å². The lowest BCUT2D eigenvalue weighted by atomic mass is 9.80. The van der Waals surface area contributed by atoms with Gasteiger partial charge in [-0.3, -0.25) is 4.72 Å². The number of hydrogen-bond acceptors (Lipinski definition) is 3. The van der Waals surface area contributed by atoms with E-state index < -0.39 is 15.6 Å². The minimum absolute atomic E-state index is 0.201. The molecule has 0 aliphatic heterocycles. The van der Waals surface area contributed by atoms with Crippen LogP contribution in [0.2, 0.25) is 0 Å². The summed E-state index contributed by atoms with van der Waals surface area (Å²) in [5.41, 5.74) is 2.15. The number of anilines is 1. The van der Waals surface area contributed by atoms with Gasteiger partial charge in [0.2, 0.25) is 0 Å². The van der Waals surface area contributed by atoms with E-state index in [1.807, 2.05) is 67.6 Å². The molecule has 156 valence electrons. The average molecular weight is 430 g/mol. The SMILES string of the molecule is Cc1ccc(S(=O)(=O)Nc2ccc(C(O)(c3ccccc3)c3ccccc3)cc2)cc1. The molecule has 0 aromatic heterocycles. The molecular weight excluding hydrogens is 406 g/mol. The highest BCUT2D eigenvalue weighted by Crippen LogP contribution is 2.37. The van der Waals surface area contributed by atoms with E-state index in [1.165, 1.54) is 0 Å². The van der Waals surface area contributed by atoms with E-state index in [9.17, 15) is 13.5 Å². The maximum absolute atomic E-state index is 12.7. The van der Waals surface area contributed by atoms with E-state index in [2.05, 4.69) is 4.72 Å². The summed E-state index contributed by atoms with van der Waals surface area (Å²) in [6, 6.07) is 32.3. The molecule has 0 unspecified atom stereocenters. The summed E-state index contributed by atoms with van der Waals surface area (Å²) >= 11 is 0. The third-order valence-corrected chi connectivity index (χ3v) is 6.67. The molecule has 4 rings (SSSR count). The van der Waals surface area contributed by atoms with Crippen molar-refractivity contribution in [2.75, 3.05) is 4.72 Å². The summed E-state index contributed by atoms with van der Waals surface area (Å²) in [5.74, 6) is 0. The molecule has 0 aliphatic carbocycles. The van der Waals surface area contributed by atoms with Crippen molar-refractivity contribution in [3.8, 4) is 0 Å². The Morgan fingerprint density at radius 3 is 1.58 bits per heavy atom. The maximum Gasteiger partial charge on any atom is 0.261 e. The van der Waals surface area contributed by atoms with Gasteiger partial charge < -0.3 is 5.11 Å². The second-order valence-electron chi connectivity index (χ2n) is 7.44. The Bertz CT molecular complexity index is 1210. The molecule has 2 N–H and O–H groups in total. The molecule has 0 amide bonds. The number of benzene rings is 4. The van der Waals surface area contributed by atoms with Crippen LogP contribution in [-0.4, -0.2) is 13.5 Å². The van der Waals surface area contributed by atoms with Crippen molar-refractivity contribution in [1.82, 2.24) is 0 Å². The van der Waals surface area contributed by atoms with Crippen molar-refractivity contribution >= 4 is 15.7 Å². The van der Waals surface area contributed by atoms with Crippen molar-refractivity contribution in [2.24, 2.45) is 0 Å². The van der Waals surface area contributed by atoms with Crippen molar-refractivity contribution in [3.63, 3.8) is 0 Å². The first-order valence-electron chi connectivity index (χ1n) is 9.93. The summed E-state index contributed by atoms with van der Waals surface area (Å²) in [6.07, 6.45) is 0. The van der Waals surface area contributed by atoms with Gasteiger partial charge in [-0.25, -0.2) is 8.42 Å². The number of aryl methyl sites for hydroxylation is 1. The molecule has 0 spiro atoms. The van der Waals surface area contributed by atoms with Crippen LogP contribution in [0.15, 0.2) is 114 Å². The molecule has 0 bridgehead atoms. The summed E-state index contributed by atoms with van der Waals surface area (Å²) in [5, 5.41) is 11.8. The van der Waals surface area contributed by atoms with E-state index in [-0.39, 0.29) is 4.90 Å². The van der Waals surface area contributed by atoms with Crippen LogP contribution in [-0.2, 0) is 15.6 Å². The summed E-state index contributed by atoms with van der Waals surface area (Å²) in [6.45, 7) is 1.91. The molecule has 0 radical (unpaired) electrons. The average Bonchev–Trinajstić information content (AvgIpc) is 2.80. The van der Waals surface area contributed by atoms with Gasteiger partial charge in [-0.1, -0.05) is 90.5 Å². The largest absolute Gasteiger partial charge is 0.376 e. The summed E-state index contributed by atoms with van der Waals surface area (Å²) in [7, 11) is -3.70. The zero-order valence-corrected chi connectivity index (χ0v) is 17.9. The Kier molecular flexibility index (Phi) is 5.63. The number of hydrogen-bond donors (Lipinski definition) is 2. The molecule has 0 heterocycles. The van der Waals surface area contributed by atoms with Gasteiger partial charge in [0, 0.05) is 5.69 Å². The van der Waals surface area contributed by atoms with E-state index in [0.29, 0.717) is 11.3 Å². The Labute approximate surface area is 182 Å². The molecule has 0 saturated carbocycles. The molecule has 4 aromatic carbocycles. The lowest BCUT2D eigenvalue weighted by Crippen LogP contribution is -2.28. The highest BCUT2D eigenvalue weighted by molar-refractivity contribution is 7.92. The topological polar surface area (TPSA) is 66.4 Å². The molecule has 4 nitrogen and oxygen atoms in total. The zero-order valence-electron chi connectivity index (χ0n) is 17.1. The standard InChI is InChI=1S/C26H23NO3S/c1-20-12-18-25(19-13-20)31(29,30)27-24-16-14-23(15-17-24)26(28,21-8-4-2-5-9-21)22-10-6-3-7-11-22/h2-19,27-28H,1H3. The fraction of sp³-hybridized carbons (Fsp3) is 0.0769. The Hall–Kier alpha value is -3.41.